The van der Waals surface area contributed by atoms with Gasteiger partial charge in [-0.3, -0.25) is 0 Å². The molecule has 1 aromatic carbocycles. The summed E-state index contributed by atoms with van der Waals surface area (Å²) in [7, 11) is 0. The van der Waals surface area contributed by atoms with Gasteiger partial charge in [0.1, 0.15) is 0 Å². The minimum absolute atomic E-state index is 0.188. The molecule has 1 heterocycles. The summed E-state index contributed by atoms with van der Waals surface area (Å²) in [6.45, 7) is 0.586. The van der Waals surface area contributed by atoms with Crippen LogP contribution in [0.1, 0.15) is 5.69 Å². The van der Waals surface area contributed by atoms with Crippen molar-refractivity contribution in [3.63, 3.8) is 0 Å². The van der Waals surface area contributed by atoms with Crippen molar-refractivity contribution in [3.8, 4) is 0 Å². The Kier molecular flexibility index (Phi) is 4.10. The second-order valence-electron chi connectivity index (χ2n) is 3.48. The number of thiazole rings is 1. The van der Waals surface area contributed by atoms with Crippen LogP contribution in [-0.2, 0) is 6.42 Å². The molecule has 0 radical (unpaired) electrons. The lowest BCUT2D eigenvalue weighted by molar-refractivity contribution is 0.252. The quantitative estimate of drug-likeness (QED) is 0.872. The third-order valence-corrected chi connectivity index (χ3v) is 2.82. The zero-order valence-corrected chi connectivity index (χ0v) is 10.0. The van der Waals surface area contributed by atoms with Gasteiger partial charge in [-0.2, -0.15) is 0 Å². The van der Waals surface area contributed by atoms with Crippen LogP contribution in [0.3, 0.4) is 0 Å². The Balaban J connectivity index is 1.71. The van der Waals surface area contributed by atoms with E-state index < -0.39 is 0 Å². The molecule has 2 aromatic rings. The monoisotopic (exact) mass is 247 g/mol. The molecule has 4 nitrogen and oxygen atoms in total. The number of carbonyl (C=O) groups excluding carboxylic acids is 1. The van der Waals surface area contributed by atoms with E-state index in [0.29, 0.717) is 6.54 Å². The Bertz CT molecular complexity index is 456. The normalized spacial score (nSPS) is 9.88. The number of carbonyl (C=O) groups is 1. The number of benzene rings is 1. The van der Waals surface area contributed by atoms with Crippen LogP contribution in [0.25, 0.3) is 0 Å². The number of hydrogen-bond acceptors (Lipinski definition) is 3. The minimum atomic E-state index is -0.188. The van der Waals surface area contributed by atoms with Crippen LogP contribution in [-0.4, -0.2) is 17.6 Å². The molecular formula is C12H13N3OS. The first-order valence-corrected chi connectivity index (χ1v) is 6.26. The summed E-state index contributed by atoms with van der Waals surface area (Å²) in [6, 6.07) is 9.17. The third kappa shape index (κ3) is 3.88. The summed E-state index contributed by atoms with van der Waals surface area (Å²) >= 11 is 1.56. The highest BCUT2D eigenvalue weighted by atomic mass is 32.1. The van der Waals surface area contributed by atoms with Crippen molar-refractivity contribution in [2.24, 2.45) is 0 Å². The first kappa shape index (κ1) is 11.6. The number of aromatic nitrogens is 1. The molecule has 0 spiro atoms. The molecule has 0 saturated carbocycles. The summed E-state index contributed by atoms with van der Waals surface area (Å²) < 4.78 is 0. The summed E-state index contributed by atoms with van der Waals surface area (Å²) in [5.41, 5.74) is 3.59. The van der Waals surface area contributed by atoms with Gasteiger partial charge in [-0.05, 0) is 12.1 Å². The molecular weight excluding hydrogens is 234 g/mol. The molecule has 1 aromatic heterocycles. The van der Waals surface area contributed by atoms with Crippen LogP contribution >= 0.6 is 11.3 Å². The summed E-state index contributed by atoms with van der Waals surface area (Å²) in [5.74, 6) is 0. The van der Waals surface area contributed by atoms with Crippen molar-refractivity contribution in [2.45, 2.75) is 6.42 Å². The smallest absolute Gasteiger partial charge is 0.319 e. The number of amides is 2. The average molecular weight is 247 g/mol. The number of hydrogen-bond donors (Lipinski definition) is 2. The van der Waals surface area contributed by atoms with Crippen molar-refractivity contribution >= 4 is 23.1 Å². The van der Waals surface area contributed by atoms with Gasteiger partial charge >= 0.3 is 6.03 Å². The van der Waals surface area contributed by atoms with E-state index in [1.807, 2.05) is 35.7 Å². The molecule has 0 aliphatic carbocycles. The van der Waals surface area contributed by atoms with Crippen LogP contribution in [0, 0.1) is 0 Å². The van der Waals surface area contributed by atoms with Crippen LogP contribution in [0.15, 0.2) is 41.2 Å². The van der Waals surface area contributed by atoms with Gasteiger partial charge in [-0.25, -0.2) is 9.78 Å². The van der Waals surface area contributed by atoms with Gasteiger partial charge in [0.15, 0.2) is 0 Å². The Morgan fingerprint density at radius 2 is 2.12 bits per heavy atom. The highest BCUT2D eigenvalue weighted by Gasteiger charge is 2.01. The maximum Gasteiger partial charge on any atom is 0.319 e. The summed E-state index contributed by atoms with van der Waals surface area (Å²) in [5, 5.41) is 7.52. The highest BCUT2D eigenvalue weighted by molar-refractivity contribution is 7.07. The lowest BCUT2D eigenvalue weighted by Crippen LogP contribution is -2.30. The number of para-hydroxylation sites is 1. The predicted molar refractivity (Wildman–Crippen MR) is 69.3 cm³/mol. The molecule has 2 amide bonds. The van der Waals surface area contributed by atoms with E-state index in [9.17, 15) is 4.79 Å². The van der Waals surface area contributed by atoms with Crippen LogP contribution in [0.5, 0.6) is 0 Å². The SMILES string of the molecule is O=C(NCCc1cscn1)Nc1ccccc1. The molecule has 2 N–H and O–H groups in total. The van der Waals surface area contributed by atoms with Crippen molar-refractivity contribution in [3.05, 3.63) is 46.9 Å². The molecule has 0 atom stereocenters. The van der Waals surface area contributed by atoms with Gasteiger partial charge < -0.3 is 10.6 Å². The standard InChI is InChI=1S/C12H13N3OS/c16-12(15-10-4-2-1-3-5-10)13-7-6-11-8-17-9-14-11/h1-5,8-9H,6-7H2,(H2,13,15,16). The number of nitrogens with one attached hydrogen (secondary N) is 2. The number of anilines is 1. The van der Waals surface area contributed by atoms with E-state index in [0.717, 1.165) is 17.8 Å². The van der Waals surface area contributed by atoms with Gasteiger partial charge in [0.05, 0.1) is 11.2 Å². The van der Waals surface area contributed by atoms with Crippen LogP contribution in [0.4, 0.5) is 10.5 Å². The molecule has 88 valence electrons. The van der Waals surface area contributed by atoms with Gasteiger partial charge in [0, 0.05) is 24.0 Å². The fourth-order valence-electron chi connectivity index (χ4n) is 1.36. The fourth-order valence-corrected chi connectivity index (χ4v) is 1.95. The van der Waals surface area contributed by atoms with Crippen LogP contribution < -0.4 is 10.6 Å². The van der Waals surface area contributed by atoms with Gasteiger partial charge in [-0.15, -0.1) is 11.3 Å². The maximum absolute atomic E-state index is 11.5. The third-order valence-electron chi connectivity index (χ3n) is 2.18. The van der Waals surface area contributed by atoms with E-state index >= 15 is 0 Å². The van der Waals surface area contributed by atoms with Crippen molar-refractivity contribution in [2.75, 3.05) is 11.9 Å². The molecule has 0 bridgehead atoms. The molecule has 0 aliphatic heterocycles. The Morgan fingerprint density at radius 1 is 1.29 bits per heavy atom. The van der Waals surface area contributed by atoms with Crippen molar-refractivity contribution in [1.82, 2.24) is 10.3 Å². The molecule has 0 aliphatic rings. The lowest BCUT2D eigenvalue weighted by Gasteiger charge is -2.06. The molecule has 0 saturated heterocycles. The fraction of sp³-hybridized carbons (Fsp3) is 0.167. The number of urea groups is 1. The minimum Gasteiger partial charge on any atom is -0.337 e. The van der Waals surface area contributed by atoms with Gasteiger partial charge in [0.2, 0.25) is 0 Å². The average Bonchev–Trinajstić information content (AvgIpc) is 2.83. The molecule has 17 heavy (non-hydrogen) atoms. The Hall–Kier alpha value is -1.88. The van der Waals surface area contributed by atoms with E-state index in [1.165, 1.54) is 0 Å². The van der Waals surface area contributed by atoms with Crippen molar-refractivity contribution < 1.29 is 4.79 Å². The number of nitrogens with zero attached hydrogens (tertiary/aromatic N) is 1. The zero-order valence-electron chi connectivity index (χ0n) is 9.22. The molecule has 0 unspecified atom stereocenters. The van der Waals surface area contributed by atoms with Crippen LogP contribution in [0.2, 0.25) is 0 Å². The lowest BCUT2D eigenvalue weighted by atomic mass is 10.3. The van der Waals surface area contributed by atoms with E-state index in [4.69, 9.17) is 0 Å². The largest absolute Gasteiger partial charge is 0.337 e. The topological polar surface area (TPSA) is 54.0 Å². The second kappa shape index (κ2) is 6.00. The Labute approximate surface area is 104 Å². The molecule has 2 rings (SSSR count). The van der Waals surface area contributed by atoms with Gasteiger partial charge in [-0.1, -0.05) is 18.2 Å². The predicted octanol–water partition coefficient (Wildman–Crippen LogP) is 2.51. The molecule has 0 fully saturated rings. The summed E-state index contributed by atoms with van der Waals surface area (Å²) in [6.07, 6.45) is 0.756. The first-order valence-electron chi connectivity index (χ1n) is 5.31. The molecule has 5 heteroatoms. The van der Waals surface area contributed by atoms with Gasteiger partial charge in [0.25, 0.3) is 0 Å². The number of rotatable bonds is 4. The van der Waals surface area contributed by atoms with E-state index in [-0.39, 0.29) is 6.03 Å². The second-order valence-corrected chi connectivity index (χ2v) is 4.20. The van der Waals surface area contributed by atoms with Crippen molar-refractivity contribution in [1.29, 1.82) is 0 Å². The Morgan fingerprint density at radius 3 is 2.82 bits per heavy atom. The maximum atomic E-state index is 11.5. The van der Waals surface area contributed by atoms with E-state index in [2.05, 4.69) is 15.6 Å². The highest BCUT2D eigenvalue weighted by Crippen LogP contribution is 2.04. The first-order chi connectivity index (χ1) is 8.34. The summed E-state index contributed by atoms with van der Waals surface area (Å²) in [4.78, 5) is 15.6. The van der Waals surface area contributed by atoms with E-state index in [1.54, 1.807) is 16.8 Å². The zero-order chi connectivity index (χ0) is 11.9.